The van der Waals surface area contributed by atoms with E-state index in [-0.39, 0.29) is 6.54 Å². The first-order valence-electron chi connectivity index (χ1n) is 6.85. The summed E-state index contributed by atoms with van der Waals surface area (Å²) in [5, 5.41) is 12.6. The van der Waals surface area contributed by atoms with Gasteiger partial charge in [-0.2, -0.15) is 13.2 Å². The van der Waals surface area contributed by atoms with Crippen molar-refractivity contribution < 1.29 is 23.1 Å². The van der Waals surface area contributed by atoms with Gasteiger partial charge < -0.3 is 10.4 Å². The van der Waals surface area contributed by atoms with Crippen molar-refractivity contribution in [2.24, 2.45) is 0 Å². The molecule has 2 N–H and O–H groups in total. The number of hydrogen-bond acceptors (Lipinski definition) is 3. The molecule has 1 fully saturated rings. The Bertz CT molecular complexity index is 511. The summed E-state index contributed by atoms with van der Waals surface area (Å²) in [5.74, 6) is -0.866. The van der Waals surface area contributed by atoms with Crippen LogP contribution < -0.4 is 5.32 Å². The summed E-state index contributed by atoms with van der Waals surface area (Å²) in [7, 11) is 0. The zero-order valence-corrected chi connectivity index (χ0v) is 11.4. The van der Waals surface area contributed by atoms with Crippen LogP contribution in [0, 0.1) is 0 Å². The van der Waals surface area contributed by atoms with Crippen LogP contribution >= 0.6 is 0 Å². The zero-order valence-electron chi connectivity index (χ0n) is 11.4. The van der Waals surface area contributed by atoms with E-state index in [4.69, 9.17) is 0 Å². The number of carbonyl (C=O) groups is 1. The van der Waals surface area contributed by atoms with Crippen LogP contribution in [0.1, 0.15) is 48.2 Å². The fraction of sp³-hybridized carbons (Fsp3) is 0.571. The molecular formula is C14H17F3N2O2. The van der Waals surface area contributed by atoms with E-state index in [1.165, 1.54) is 6.07 Å². The highest BCUT2D eigenvalue weighted by molar-refractivity contribution is 5.95. The standard InChI is InChI=1S/C14H17F3N2O2/c15-14(16,17)11-10(5-4-8-18-11)12(20)19-9-13(21)6-2-1-3-7-13/h4-5,8,21H,1-3,6-7,9H2,(H,19,20). The molecule has 1 aliphatic carbocycles. The molecular weight excluding hydrogens is 285 g/mol. The van der Waals surface area contributed by atoms with Gasteiger partial charge in [-0.15, -0.1) is 0 Å². The largest absolute Gasteiger partial charge is 0.434 e. The number of halogens is 3. The van der Waals surface area contributed by atoms with Crippen molar-refractivity contribution >= 4 is 5.91 Å². The molecule has 0 unspecified atom stereocenters. The van der Waals surface area contributed by atoms with Gasteiger partial charge in [-0.3, -0.25) is 9.78 Å². The Balaban J connectivity index is 2.07. The predicted octanol–water partition coefficient (Wildman–Crippen LogP) is 2.53. The maximum Gasteiger partial charge on any atom is 0.434 e. The molecule has 1 amide bonds. The van der Waals surface area contributed by atoms with Crippen LogP contribution in [0.5, 0.6) is 0 Å². The topological polar surface area (TPSA) is 62.2 Å². The molecule has 1 aromatic heterocycles. The molecule has 1 aromatic rings. The number of nitrogens with zero attached hydrogens (tertiary/aromatic N) is 1. The average Bonchev–Trinajstić information content (AvgIpc) is 2.45. The van der Waals surface area contributed by atoms with Gasteiger partial charge in [-0.25, -0.2) is 0 Å². The third-order valence-corrected chi connectivity index (χ3v) is 3.68. The van der Waals surface area contributed by atoms with Gasteiger partial charge in [0.15, 0.2) is 5.69 Å². The van der Waals surface area contributed by atoms with Crippen LogP contribution in [-0.4, -0.2) is 28.1 Å². The number of carbonyl (C=O) groups excluding carboxylic acids is 1. The number of rotatable bonds is 3. The lowest BCUT2D eigenvalue weighted by molar-refractivity contribution is -0.141. The van der Waals surface area contributed by atoms with Crippen molar-refractivity contribution in [1.29, 1.82) is 0 Å². The molecule has 0 bridgehead atoms. The van der Waals surface area contributed by atoms with E-state index >= 15 is 0 Å². The van der Waals surface area contributed by atoms with Gasteiger partial charge in [0.25, 0.3) is 5.91 Å². The molecule has 1 heterocycles. The second kappa shape index (κ2) is 6.01. The number of nitrogens with one attached hydrogen (secondary N) is 1. The molecule has 0 saturated heterocycles. The molecule has 1 aliphatic rings. The number of aliphatic hydroxyl groups is 1. The molecule has 7 heteroatoms. The number of amides is 1. The summed E-state index contributed by atoms with van der Waals surface area (Å²) in [6.07, 6.45) is 0.139. The minimum atomic E-state index is -4.68. The van der Waals surface area contributed by atoms with Crippen LogP contribution in [0.4, 0.5) is 13.2 Å². The van der Waals surface area contributed by atoms with Crippen molar-refractivity contribution in [3.8, 4) is 0 Å². The van der Waals surface area contributed by atoms with E-state index in [9.17, 15) is 23.1 Å². The van der Waals surface area contributed by atoms with Gasteiger partial charge in [0.2, 0.25) is 0 Å². The van der Waals surface area contributed by atoms with Crippen LogP contribution in [0.15, 0.2) is 18.3 Å². The van der Waals surface area contributed by atoms with Crippen molar-refractivity contribution in [2.75, 3.05) is 6.54 Å². The Kier molecular flexibility index (Phi) is 4.51. The first kappa shape index (κ1) is 15.8. The van der Waals surface area contributed by atoms with E-state index in [2.05, 4.69) is 10.3 Å². The fourth-order valence-electron chi connectivity index (χ4n) is 2.54. The fourth-order valence-corrected chi connectivity index (χ4v) is 2.54. The highest BCUT2D eigenvalue weighted by Gasteiger charge is 2.37. The SMILES string of the molecule is O=C(NCC1(O)CCCCC1)c1cccnc1C(F)(F)F. The molecule has 2 rings (SSSR count). The Hall–Kier alpha value is -1.63. The van der Waals surface area contributed by atoms with Gasteiger partial charge in [0.05, 0.1) is 11.2 Å². The van der Waals surface area contributed by atoms with E-state index in [1.54, 1.807) is 0 Å². The Morgan fingerprint density at radius 3 is 2.62 bits per heavy atom. The summed E-state index contributed by atoms with van der Waals surface area (Å²) in [4.78, 5) is 15.2. The molecule has 0 aromatic carbocycles. The molecule has 0 atom stereocenters. The second-order valence-electron chi connectivity index (χ2n) is 5.37. The number of alkyl halides is 3. The van der Waals surface area contributed by atoms with Gasteiger partial charge in [-0.05, 0) is 25.0 Å². The molecule has 4 nitrogen and oxygen atoms in total. The minimum Gasteiger partial charge on any atom is -0.388 e. The van der Waals surface area contributed by atoms with Gasteiger partial charge in [0, 0.05) is 12.7 Å². The highest BCUT2D eigenvalue weighted by Crippen LogP contribution is 2.30. The highest BCUT2D eigenvalue weighted by atomic mass is 19.4. The maximum absolute atomic E-state index is 12.8. The summed E-state index contributed by atoms with van der Waals surface area (Å²) in [6, 6.07) is 2.36. The Morgan fingerprint density at radius 2 is 2.00 bits per heavy atom. The van der Waals surface area contributed by atoms with Crippen LogP contribution in [-0.2, 0) is 6.18 Å². The van der Waals surface area contributed by atoms with Crippen LogP contribution in [0.2, 0.25) is 0 Å². The molecule has 21 heavy (non-hydrogen) atoms. The van der Waals surface area contributed by atoms with Crippen molar-refractivity contribution in [1.82, 2.24) is 10.3 Å². The Labute approximate surface area is 120 Å². The molecule has 0 aliphatic heterocycles. The van der Waals surface area contributed by atoms with Crippen LogP contribution in [0.25, 0.3) is 0 Å². The van der Waals surface area contributed by atoms with Crippen molar-refractivity contribution in [3.63, 3.8) is 0 Å². The third-order valence-electron chi connectivity index (χ3n) is 3.68. The monoisotopic (exact) mass is 302 g/mol. The van der Waals surface area contributed by atoms with Gasteiger partial charge in [-0.1, -0.05) is 19.3 Å². The van der Waals surface area contributed by atoms with E-state index < -0.39 is 28.9 Å². The summed E-state index contributed by atoms with van der Waals surface area (Å²) in [5.41, 5.74) is -2.75. The predicted molar refractivity (Wildman–Crippen MR) is 69.6 cm³/mol. The summed E-state index contributed by atoms with van der Waals surface area (Å²) < 4.78 is 38.4. The third kappa shape index (κ3) is 3.93. The van der Waals surface area contributed by atoms with Gasteiger partial charge >= 0.3 is 6.18 Å². The molecule has 0 radical (unpaired) electrons. The zero-order chi connectivity index (χ0) is 15.5. The second-order valence-corrected chi connectivity index (χ2v) is 5.37. The van der Waals surface area contributed by atoms with Crippen molar-refractivity contribution in [3.05, 3.63) is 29.6 Å². The van der Waals surface area contributed by atoms with Gasteiger partial charge in [0.1, 0.15) is 0 Å². The molecule has 0 spiro atoms. The van der Waals surface area contributed by atoms with E-state index in [1.807, 2.05) is 0 Å². The number of aromatic nitrogens is 1. The normalized spacial score (nSPS) is 18.3. The number of pyridine rings is 1. The first-order valence-corrected chi connectivity index (χ1v) is 6.85. The van der Waals surface area contributed by atoms with E-state index in [0.29, 0.717) is 12.8 Å². The maximum atomic E-state index is 12.8. The minimum absolute atomic E-state index is 0.0436. The smallest absolute Gasteiger partial charge is 0.388 e. The Morgan fingerprint density at radius 1 is 1.33 bits per heavy atom. The average molecular weight is 302 g/mol. The summed E-state index contributed by atoms with van der Waals surface area (Å²) >= 11 is 0. The van der Waals surface area contributed by atoms with E-state index in [0.717, 1.165) is 31.5 Å². The summed E-state index contributed by atoms with van der Waals surface area (Å²) in [6.45, 7) is -0.0436. The lowest BCUT2D eigenvalue weighted by Gasteiger charge is -2.32. The lowest BCUT2D eigenvalue weighted by atomic mass is 9.85. The first-order chi connectivity index (χ1) is 9.82. The lowest BCUT2D eigenvalue weighted by Crippen LogP contribution is -2.44. The van der Waals surface area contributed by atoms with Crippen molar-refractivity contribution in [2.45, 2.75) is 43.9 Å². The quantitative estimate of drug-likeness (QED) is 0.902. The van der Waals surface area contributed by atoms with Crippen LogP contribution in [0.3, 0.4) is 0 Å². The molecule has 116 valence electrons. The number of hydrogen-bond donors (Lipinski definition) is 2. The molecule has 1 saturated carbocycles.